The van der Waals surface area contributed by atoms with E-state index >= 15 is 0 Å². The van der Waals surface area contributed by atoms with Crippen LogP contribution in [0.25, 0.3) is 0 Å². The molecule has 0 saturated carbocycles. The number of nitrogens with zero attached hydrogens (tertiary/aromatic N) is 2. The number of carbonyl (C=O) groups is 2. The smallest absolute Gasteiger partial charge is 0.262 e. The zero-order valence-electron chi connectivity index (χ0n) is 10.7. The minimum atomic E-state index is -0.633. The molecule has 5 heteroatoms. The number of amides is 2. The Morgan fingerprint density at radius 1 is 1.10 bits per heavy atom. The standard InChI is InChI=1S/C15H11FN2O2/c1-9(10-6-7-17-13(16)8-10)18-14(19)11-4-2-3-5-12(11)15(18)20/h2-9H,1H3. The average molecular weight is 270 g/mol. The van der Waals surface area contributed by atoms with E-state index in [0.717, 1.165) is 4.90 Å². The molecule has 0 fully saturated rings. The van der Waals surface area contributed by atoms with Crippen LogP contribution in [-0.2, 0) is 0 Å². The summed E-state index contributed by atoms with van der Waals surface area (Å²) in [6.45, 7) is 1.69. The van der Waals surface area contributed by atoms with Gasteiger partial charge < -0.3 is 0 Å². The molecule has 4 nitrogen and oxygen atoms in total. The van der Waals surface area contributed by atoms with Crippen LogP contribution in [0.3, 0.4) is 0 Å². The Balaban J connectivity index is 2.01. The molecular weight excluding hydrogens is 259 g/mol. The largest absolute Gasteiger partial charge is 0.269 e. The summed E-state index contributed by atoms with van der Waals surface area (Å²) in [5, 5.41) is 0. The van der Waals surface area contributed by atoms with Gasteiger partial charge in [0.1, 0.15) is 0 Å². The van der Waals surface area contributed by atoms with Crippen molar-refractivity contribution in [1.29, 1.82) is 0 Å². The first-order valence-electron chi connectivity index (χ1n) is 6.18. The highest BCUT2D eigenvalue weighted by atomic mass is 19.1. The molecule has 1 aromatic heterocycles. The van der Waals surface area contributed by atoms with Crippen molar-refractivity contribution in [1.82, 2.24) is 9.88 Å². The summed E-state index contributed by atoms with van der Waals surface area (Å²) in [4.78, 5) is 29.2. The van der Waals surface area contributed by atoms with Crippen molar-refractivity contribution in [2.75, 3.05) is 0 Å². The number of benzene rings is 1. The molecule has 0 bridgehead atoms. The Kier molecular flexibility index (Phi) is 2.82. The molecule has 1 atom stereocenters. The number of rotatable bonds is 2. The molecule has 0 aliphatic carbocycles. The van der Waals surface area contributed by atoms with Crippen LogP contribution in [0.5, 0.6) is 0 Å². The number of fused-ring (bicyclic) bond motifs is 1. The molecule has 2 heterocycles. The Labute approximate surface area is 114 Å². The van der Waals surface area contributed by atoms with Gasteiger partial charge in [-0.25, -0.2) is 4.98 Å². The molecule has 2 aromatic rings. The van der Waals surface area contributed by atoms with Crippen molar-refractivity contribution >= 4 is 11.8 Å². The second kappa shape index (κ2) is 4.52. The topological polar surface area (TPSA) is 50.3 Å². The van der Waals surface area contributed by atoms with E-state index in [9.17, 15) is 14.0 Å². The average Bonchev–Trinajstić information content (AvgIpc) is 2.71. The lowest BCUT2D eigenvalue weighted by molar-refractivity contribution is 0.0595. The summed E-state index contributed by atoms with van der Waals surface area (Å²) in [6.07, 6.45) is 1.32. The number of hydrogen-bond acceptors (Lipinski definition) is 3. The second-order valence-corrected chi connectivity index (χ2v) is 4.61. The van der Waals surface area contributed by atoms with Crippen molar-refractivity contribution in [3.63, 3.8) is 0 Å². The predicted molar refractivity (Wildman–Crippen MR) is 69.6 cm³/mol. The van der Waals surface area contributed by atoms with Crippen LogP contribution in [0.1, 0.15) is 39.2 Å². The summed E-state index contributed by atoms with van der Waals surface area (Å²) in [5.41, 5.74) is 1.31. The van der Waals surface area contributed by atoms with Crippen LogP contribution in [-0.4, -0.2) is 21.7 Å². The minimum Gasteiger partial charge on any atom is -0.269 e. The molecular formula is C15H11FN2O2. The third-order valence-corrected chi connectivity index (χ3v) is 3.45. The molecule has 0 spiro atoms. The maximum Gasteiger partial charge on any atom is 0.262 e. The zero-order valence-corrected chi connectivity index (χ0v) is 10.7. The Morgan fingerprint density at radius 2 is 1.70 bits per heavy atom. The summed E-state index contributed by atoms with van der Waals surface area (Å²) < 4.78 is 13.2. The van der Waals surface area contributed by atoms with Crippen LogP contribution in [0, 0.1) is 5.95 Å². The highest BCUT2D eigenvalue weighted by Crippen LogP contribution is 2.30. The number of carbonyl (C=O) groups excluding carboxylic acids is 2. The third-order valence-electron chi connectivity index (χ3n) is 3.45. The van der Waals surface area contributed by atoms with Crippen LogP contribution < -0.4 is 0 Å². The maximum absolute atomic E-state index is 13.2. The molecule has 2 amide bonds. The predicted octanol–water partition coefficient (Wildman–Crippen LogP) is 2.58. The van der Waals surface area contributed by atoms with Gasteiger partial charge in [0.2, 0.25) is 5.95 Å². The van der Waals surface area contributed by atoms with Gasteiger partial charge in [0.15, 0.2) is 0 Å². The van der Waals surface area contributed by atoms with Gasteiger partial charge in [-0.05, 0) is 36.8 Å². The molecule has 1 aromatic carbocycles. The van der Waals surface area contributed by atoms with Gasteiger partial charge in [-0.2, -0.15) is 4.39 Å². The van der Waals surface area contributed by atoms with E-state index in [0.29, 0.717) is 16.7 Å². The highest BCUT2D eigenvalue weighted by molar-refractivity contribution is 6.21. The first kappa shape index (κ1) is 12.5. The van der Waals surface area contributed by atoms with Gasteiger partial charge in [-0.1, -0.05) is 12.1 Å². The second-order valence-electron chi connectivity index (χ2n) is 4.61. The fourth-order valence-electron chi connectivity index (χ4n) is 2.39. The number of halogens is 1. The lowest BCUT2D eigenvalue weighted by atomic mass is 10.1. The van der Waals surface area contributed by atoms with Crippen molar-refractivity contribution in [2.24, 2.45) is 0 Å². The van der Waals surface area contributed by atoms with Crippen LogP contribution in [0.2, 0.25) is 0 Å². The van der Waals surface area contributed by atoms with Crippen molar-refractivity contribution < 1.29 is 14.0 Å². The van der Waals surface area contributed by atoms with Crippen molar-refractivity contribution in [3.8, 4) is 0 Å². The van der Waals surface area contributed by atoms with Gasteiger partial charge in [-0.15, -0.1) is 0 Å². The monoisotopic (exact) mass is 270 g/mol. The third kappa shape index (κ3) is 1.79. The van der Waals surface area contributed by atoms with Gasteiger partial charge in [0.25, 0.3) is 11.8 Å². The van der Waals surface area contributed by atoms with E-state index in [1.165, 1.54) is 12.3 Å². The lowest BCUT2D eigenvalue weighted by Crippen LogP contribution is -2.32. The fourth-order valence-corrected chi connectivity index (χ4v) is 2.39. The molecule has 1 aliphatic heterocycles. The summed E-state index contributed by atoms with van der Waals surface area (Å²) in [5.74, 6) is -1.34. The van der Waals surface area contributed by atoms with E-state index in [1.807, 2.05) is 0 Å². The molecule has 100 valence electrons. The van der Waals surface area contributed by atoms with E-state index < -0.39 is 12.0 Å². The number of pyridine rings is 1. The molecule has 0 saturated heterocycles. The molecule has 0 radical (unpaired) electrons. The summed E-state index contributed by atoms with van der Waals surface area (Å²) in [6, 6.07) is 8.95. The lowest BCUT2D eigenvalue weighted by Gasteiger charge is -2.22. The minimum absolute atomic E-state index is 0.352. The Morgan fingerprint density at radius 3 is 2.25 bits per heavy atom. The van der Waals surface area contributed by atoms with Crippen molar-refractivity contribution in [2.45, 2.75) is 13.0 Å². The number of aromatic nitrogens is 1. The van der Waals surface area contributed by atoms with Gasteiger partial charge in [-0.3, -0.25) is 14.5 Å². The summed E-state index contributed by atoms with van der Waals surface area (Å²) in [7, 11) is 0. The highest BCUT2D eigenvalue weighted by Gasteiger charge is 2.38. The molecule has 0 N–H and O–H groups in total. The number of imide groups is 1. The van der Waals surface area contributed by atoms with Gasteiger partial charge in [0.05, 0.1) is 17.2 Å². The number of hydrogen-bond donors (Lipinski definition) is 0. The van der Waals surface area contributed by atoms with E-state index in [-0.39, 0.29) is 11.8 Å². The van der Waals surface area contributed by atoms with Crippen LogP contribution in [0.4, 0.5) is 4.39 Å². The molecule has 1 unspecified atom stereocenters. The van der Waals surface area contributed by atoms with E-state index in [2.05, 4.69) is 4.98 Å². The first-order valence-corrected chi connectivity index (χ1v) is 6.18. The quantitative estimate of drug-likeness (QED) is 0.622. The van der Waals surface area contributed by atoms with Crippen LogP contribution >= 0.6 is 0 Å². The fraction of sp³-hybridized carbons (Fsp3) is 0.133. The van der Waals surface area contributed by atoms with E-state index in [4.69, 9.17) is 0 Å². The molecule has 20 heavy (non-hydrogen) atoms. The molecule has 3 rings (SSSR count). The van der Waals surface area contributed by atoms with Crippen LogP contribution in [0.15, 0.2) is 42.6 Å². The first-order chi connectivity index (χ1) is 9.59. The Hall–Kier alpha value is -2.56. The maximum atomic E-state index is 13.2. The summed E-state index contributed by atoms with van der Waals surface area (Å²) >= 11 is 0. The van der Waals surface area contributed by atoms with Gasteiger partial charge >= 0.3 is 0 Å². The molecule has 1 aliphatic rings. The zero-order chi connectivity index (χ0) is 14.3. The van der Waals surface area contributed by atoms with Gasteiger partial charge in [0, 0.05) is 6.20 Å². The normalized spacial score (nSPS) is 15.4. The van der Waals surface area contributed by atoms with E-state index in [1.54, 1.807) is 37.3 Å². The SMILES string of the molecule is CC(c1ccnc(F)c1)N1C(=O)c2ccccc2C1=O. The van der Waals surface area contributed by atoms with Crippen molar-refractivity contribution in [3.05, 3.63) is 65.2 Å². The Bertz CT molecular complexity index is 680.